The van der Waals surface area contributed by atoms with Crippen LogP contribution < -0.4 is 5.32 Å². The van der Waals surface area contributed by atoms with Crippen LogP contribution in [-0.4, -0.2) is 27.2 Å². The Morgan fingerprint density at radius 1 is 1.04 bits per heavy atom. The fraction of sp³-hybridized carbons (Fsp3) is 0.158. The van der Waals surface area contributed by atoms with E-state index in [1.54, 1.807) is 36.4 Å². The Hall–Kier alpha value is -3.48. The highest BCUT2D eigenvalue weighted by Gasteiger charge is 2.45. The highest BCUT2D eigenvalue weighted by molar-refractivity contribution is 6.18. The number of aromatic hydroxyl groups is 2. The molecule has 0 radical (unpaired) electrons. The van der Waals surface area contributed by atoms with Crippen molar-refractivity contribution in [2.75, 3.05) is 0 Å². The number of carbonyl (C=O) groups is 2. The lowest BCUT2D eigenvalue weighted by atomic mass is 9.98. The Morgan fingerprint density at radius 2 is 1.73 bits per heavy atom. The van der Waals surface area contributed by atoms with Crippen molar-refractivity contribution in [1.29, 1.82) is 0 Å². The molecule has 1 amide bonds. The number of fused-ring (bicyclic) bond motifs is 1. The van der Waals surface area contributed by atoms with E-state index < -0.39 is 23.4 Å². The van der Waals surface area contributed by atoms with E-state index in [4.69, 9.17) is 9.52 Å². The van der Waals surface area contributed by atoms with Crippen molar-refractivity contribution < 1.29 is 29.3 Å². The van der Waals surface area contributed by atoms with Gasteiger partial charge in [0.15, 0.2) is 0 Å². The van der Waals surface area contributed by atoms with Crippen LogP contribution in [0.5, 0.6) is 11.7 Å². The lowest BCUT2D eigenvalue weighted by Gasteiger charge is -2.15. The van der Waals surface area contributed by atoms with Gasteiger partial charge in [-0.05, 0) is 30.5 Å². The molecule has 0 aliphatic heterocycles. The molecule has 1 fully saturated rings. The number of phenols is 1. The minimum atomic E-state index is -1.09. The quantitative estimate of drug-likeness (QED) is 0.534. The van der Waals surface area contributed by atoms with E-state index in [1.807, 2.05) is 0 Å². The van der Waals surface area contributed by atoms with Crippen LogP contribution in [0.15, 0.2) is 46.9 Å². The van der Waals surface area contributed by atoms with Crippen LogP contribution in [-0.2, 0) is 5.54 Å². The minimum absolute atomic E-state index is 0.101. The van der Waals surface area contributed by atoms with E-state index in [0.29, 0.717) is 18.4 Å². The number of nitrogens with one attached hydrogen (secondary N) is 1. The molecule has 0 spiro atoms. The number of rotatable bonds is 4. The van der Waals surface area contributed by atoms with Gasteiger partial charge in [0, 0.05) is 5.56 Å². The number of carboxylic acid groups (broad SMARTS) is 1. The van der Waals surface area contributed by atoms with E-state index in [-0.39, 0.29) is 22.3 Å². The number of amides is 1. The van der Waals surface area contributed by atoms with Crippen LogP contribution in [0.1, 0.15) is 34.3 Å². The molecule has 0 atom stereocenters. The topological polar surface area (TPSA) is 120 Å². The van der Waals surface area contributed by atoms with E-state index in [2.05, 4.69) is 5.32 Å². The third-order valence-corrected chi connectivity index (χ3v) is 4.70. The summed E-state index contributed by atoms with van der Waals surface area (Å²) in [5.41, 5.74) is 0.596. The van der Waals surface area contributed by atoms with Crippen molar-refractivity contribution in [3.63, 3.8) is 0 Å². The lowest BCUT2D eigenvalue weighted by Crippen LogP contribution is -2.33. The molecule has 1 aromatic heterocycles. The SMILES string of the molecule is O=C(O)NC1(c2ccc(C(=O)c3c(O)oc4cccc(O)c34)cc2)CC1. The number of benzene rings is 2. The Bertz CT molecular complexity index is 1030. The molecule has 1 saturated carbocycles. The molecule has 4 rings (SSSR count). The van der Waals surface area contributed by atoms with Gasteiger partial charge < -0.3 is 25.1 Å². The molecule has 1 aliphatic carbocycles. The normalized spacial score (nSPS) is 14.9. The van der Waals surface area contributed by atoms with Gasteiger partial charge >= 0.3 is 6.09 Å². The lowest BCUT2D eigenvalue weighted by molar-refractivity contribution is 0.103. The molecule has 132 valence electrons. The highest BCUT2D eigenvalue weighted by Crippen LogP contribution is 2.45. The van der Waals surface area contributed by atoms with Gasteiger partial charge in [0.05, 0.1) is 10.9 Å². The molecular formula is C19H15NO6. The summed E-state index contributed by atoms with van der Waals surface area (Å²) in [5.74, 6) is -1.21. The zero-order chi connectivity index (χ0) is 18.5. The number of carbonyl (C=O) groups excluding carboxylic acids is 1. The Morgan fingerprint density at radius 3 is 2.35 bits per heavy atom. The van der Waals surface area contributed by atoms with Gasteiger partial charge in [0.2, 0.25) is 5.78 Å². The van der Waals surface area contributed by atoms with Gasteiger partial charge in [-0.3, -0.25) is 4.79 Å². The summed E-state index contributed by atoms with van der Waals surface area (Å²) in [6.07, 6.45) is 0.314. The van der Waals surface area contributed by atoms with Crippen LogP contribution in [0.3, 0.4) is 0 Å². The predicted molar refractivity (Wildman–Crippen MR) is 91.5 cm³/mol. The van der Waals surface area contributed by atoms with Crippen molar-refractivity contribution in [2.24, 2.45) is 0 Å². The van der Waals surface area contributed by atoms with E-state index in [0.717, 1.165) is 5.56 Å². The van der Waals surface area contributed by atoms with Crippen LogP contribution in [0.4, 0.5) is 4.79 Å². The monoisotopic (exact) mass is 353 g/mol. The molecule has 4 N–H and O–H groups in total. The molecule has 7 heteroatoms. The van der Waals surface area contributed by atoms with Gasteiger partial charge in [-0.15, -0.1) is 0 Å². The predicted octanol–water partition coefficient (Wildman–Crippen LogP) is 3.33. The maximum atomic E-state index is 12.8. The number of ketones is 1. The molecule has 0 bridgehead atoms. The summed E-state index contributed by atoms with van der Waals surface area (Å²) < 4.78 is 5.15. The summed E-state index contributed by atoms with van der Waals surface area (Å²) in [4.78, 5) is 23.7. The Labute approximate surface area is 147 Å². The van der Waals surface area contributed by atoms with Crippen molar-refractivity contribution >= 4 is 22.8 Å². The number of furan rings is 1. The average Bonchev–Trinajstić information content (AvgIpc) is 3.29. The van der Waals surface area contributed by atoms with E-state index >= 15 is 0 Å². The second-order valence-electron chi connectivity index (χ2n) is 6.35. The average molecular weight is 353 g/mol. The molecule has 7 nitrogen and oxygen atoms in total. The fourth-order valence-electron chi connectivity index (χ4n) is 3.23. The molecule has 1 aliphatic rings. The third-order valence-electron chi connectivity index (χ3n) is 4.70. The second-order valence-corrected chi connectivity index (χ2v) is 6.35. The molecule has 0 unspecified atom stereocenters. The van der Waals surface area contributed by atoms with Crippen LogP contribution in [0.25, 0.3) is 11.0 Å². The first kappa shape index (κ1) is 16.0. The summed E-state index contributed by atoms with van der Waals surface area (Å²) in [7, 11) is 0. The standard InChI is InChI=1S/C19H15NO6/c21-12-2-1-3-13-14(12)15(17(23)26-13)16(22)10-4-6-11(7-5-10)19(8-9-19)20-18(24)25/h1-7,20-21,23H,8-9H2,(H,24,25). The Kier molecular flexibility index (Phi) is 3.40. The first-order valence-corrected chi connectivity index (χ1v) is 8.01. The number of hydrogen-bond donors (Lipinski definition) is 4. The maximum absolute atomic E-state index is 12.8. The van der Waals surface area contributed by atoms with Crippen LogP contribution >= 0.6 is 0 Å². The van der Waals surface area contributed by atoms with Crippen molar-refractivity contribution in [3.05, 3.63) is 59.2 Å². The van der Waals surface area contributed by atoms with Crippen molar-refractivity contribution in [1.82, 2.24) is 5.32 Å². The van der Waals surface area contributed by atoms with Gasteiger partial charge in [-0.1, -0.05) is 30.3 Å². The maximum Gasteiger partial charge on any atom is 0.405 e. The van der Waals surface area contributed by atoms with E-state index in [1.165, 1.54) is 6.07 Å². The summed E-state index contributed by atoms with van der Waals surface area (Å²) in [5, 5.41) is 31.6. The molecule has 26 heavy (non-hydrogen) atoms. The number of phenolic OH excluding ortho intramolecular Hbond substituents is 1. The first-order valence-electron chi connectivity index (χ1n) is 8.01. The van der Waals surface area contributed by atoms with Gasteiger partial charge in [0.1, 0.15) is 16.9 Å². The molecule has 2 aromatic carbocycles. The third kappa shape index (κ3) is 2.45. The first-order chi connectivity index (χ1) is 12.4. The van der Waals surface area contributed by atoms with Crippen LogP contribution in [0, 0.1) is 0 Å². The van der Waals surface area contributed by atoms with Gasteiger partial charge in [0.25, 0.3) is 5.95 Å². The minimum Gasteiger partial charge on any atom is -0.507 e. The van der Waals surface area contributed by atoms with Gasteiger partial charge in [-0.25, -0.2) is 4.79 Å². The summed E-state index contributed by atoms with van der Waals surface area (Å²) in [6, 6.07) is 11.0. The molecule has 0 saturated heterocycles. The van der Waals surface area contributed by atoms with E-state index in [9.17, 15) is 19.8 Å². The zero-order valence-corrected chi connectivity index (χ0v) is 13.5. The number of hydrogen-bond acceptors (Lipinski definition) is 5. The summed E-state index contributed by atoms with van der Waals surface area (Å²) in [6.45, 7) is 0. The molecule has 3 aromatic rings. The highest BCUT2D eigenvalue weighted by atomic mass is 16.5. The van der Waals surface area contributed by atoms with Gasteiger partial charge in [-0.2, -0.15) is 0 Å². The molecule has 1 heterocycles. The summed E-state index contributed by atoms with van der Waals surface area (Å²) >= 11 is 0. The molecular weight excluding hydrogens is 338 g/mol. The Balaban J connectivity index is 1.70. The second kappa shape index (κ2) is 5.52. The van der Waals surface area contributed by atoms with Crippen molar-refractivity contribution in [3.8, 4) is 11.7 Å². The largest absolute Gasteiger partial charge is 0.507 e. The zero-order valence-electron chi connectivity index (χ0n) is 13.5. The van der Waals surface area contributed by atoms with Crippen LogP contribution in [0.2, 0.25) is 0 Å². The smallest absolute Gasteiger partial charge is 0.405 e. The van der Waals surface area contributed by atoms with Crippen molar-refractivity contribution in [2.45, 2.75) is 18.4 Å². The fourth-order valence-corrected chi connectivity index (χ4v) is 3.23.